The van der Waals surface area contributed by atoms with E-state index in [2.05, 4.69) is 15.6 Å². The maximum atomic E-state index is 12.4. The maximum absolute atomic E-state index is 12.4. The van der Waals surface area contributed by atoms with E-state index in [1.807, 2.05) is 12.1 Å². The van der Waals surface area contributed by atoms with Crippen molar-refractivity contribution in [3.63, 3.8) is 0 Å². The number of nitrogens with zero attached hydrogens (tertiary/aromatic N) is 1. The second-order valence-electron chi connectivity index (χ2n) is 5.73. The van der Waals surface area contributed by atoms with Crippen LogP contribution >= 0.6 is 34.4 Å². The zero-order valence-corrected chi connectivity index (χ0v) is 15.0. The molecule has 23 heavy (non-hydrogen) atoms. The highest BCUT2D eigenvalue weighted by Crippen LogP contribution is 2.37. The largest absolute Gasteiger partial charge is 0.486 e. The van der Waals surface area contributed by atoms with Gasteiger partial charge in [0.2, 0.25) is 0 Å². The Morgan fingerprint density at radius 3 is 3.04 bits per heavy atom. The molecule has 3 atom stereocenters. The number of fused-ring (bicyclic) bond motifs is 2. The zero-order chi connectivity index (χ0) is 15.8. The molecule has 2 fully saturated rings. The first-order valence-corrected chi connectivity index (χ1v) is 10.0. The van der Waals surface area contributed by atoms with E-state index in [-0.39, 0.29) is 11.9 Å². The predicted molar refractivity (Wildman–Crippen MR) is 92.9 cm³/mol. The Kier molecular flexibility index (Phi) is 4.31. The zero-order valence-electron chi connectivity index (χ0n) is 12.6. The minimum Gasteiger partial charge on any atom is -0.486 e. The average molecular weight is 368 g/mol. The van der Waals surface area contributed by atoms with Crippen LogP contribution in [-0.4, -0.2) is 36.1 Å². The molecule has 2 N–H and O–H groups in total. The highest BCUT2D eigenvalue weighted by Gasteiger charge is 2.39. The fraction of sp³-hybridized carbons (Fsp3) is 0.467. The van der Waals surface area contributed by atoms with E-state index in [0.29, 0.717) is 12.1 Å². The van der Waals surface area contributed by atoms with Crippen molar-refractivity contribution in [3.8, 4) is 5.06 Å². The number of hydrogen-bond acceptors (Lipinski definition) is 7. The van der Waals surface area contributed by atoms with Crippen LogP contribution in [-0.2, 0) is 0 Å². The van der Waals surface area contributed by atoms with Crippen LogP contribution in [0.15, 0.2) is 26.9 Å². The lowest BCUT2D eigenvalue weighted by atomic mass is 9.95. The Bertz CT molecular complexity index is 714. The first-order chi connectivity index (χ1) is 11.2. The predicted octanol–water partition coefficient (Wildman–Crippen LogP) is 2.99. The lowest BCUT2D eigenvalue weighted by Gasteiger charge is -2.20. The van der Waals surface area contributed by atoms with Crippen LogP contribution in [0.4, 0.5) is 0 Å². The van der Waals surface area contributed by atoms with Crippen LogP contribution in [0, 0.1) is 0 Å². The minimum absolute atomic E-state index is 0.0397. The third-order valence-electron chi connectivity index (χ3n) is 4.27. The maximum Gasteiger partial charge on any atom is 0.261 e. The summed E-state index contributed by atoms with van der Waals surface area (Å²) in [7, 11) is 1.64. The molecule has 2 saturated heterocycles. The quantitative estimate of drug-likeness (QED) is 0.851. The molecule has 5 nitrogen and oxygen atoms in total. The molecule has 0 radical (unpaired) electrons. The molecular formula is C15H17N3O2S3. The van der Waals surface area contributed by atoms with Gasteiger partial charge in [0, 0.05) is 18.1 Å². The molecule has 0 aliphatic carbocycles. The smallest absolute Gasteiger partial charge is 0.261 e. The van der Waals surface area contributed by atoms with Gasteiger partial charge >= 0.3 is 0 Å². The van der Waals surface area contributed by atoms with Gasteiger partial charge in [-0.05, 0) is 43.2 Å². The minimum atomic E-state index is 0.0397. The number of rotatable bonds is 5. The topological polar surface area (TPSA) is 63.2 Å². The van der Waals surface area contributed by atoms with Gasteiger partial charge in [0.1, 0.15) is 0 Å². The number of ether oxygens (including phenoxy) is 1. The Morgan fingerprint density at radius 2 is 2.35 bits per heavy atom. The van der Waals surface area contributed by atoms with E-state index in [9.17, 15) is 4.79 Å². The van der Waals surface area contributed by atoms with Gasteiger partial charge in [-0.25, -0.2) is 4.98 Å². The Labute approximate surface area is 146 Å². The van der Waals surface area contributed by atoms with Crippen molar-refractivity contribution in [1.29, 1.82) is 0 Å². The Hall–Kier alpha value is -1.09. The normalized spacial score (nSPS) is 25.7. The third-order valence-corrected chi connectivity index (χ3v) is 7.52. The fourth-order valence-corrected chi connectivity index (χ4v) is 6.23. The van der Waals surface area contributed by atoms with Crippen LogP contribution in [0.25, 0.3) is 0 Å². The van der Waals surface area contributed by atoms with Gasteiger partial charge in [-0.1, -0.05) is 11.3 Å². The van der Waals surface area contributed by atoms with Gasteiger partial charge in [0.15, 0.2) is 9.40 Å². The van der Waals surface area contributed by atoms with E-state index >= 15 is 0 Å². The van der Waals surface area contributed by atoms with Gasteiger partial charge in [-0.15, -0.1) is 11.3 Å². The van der Waals surface area contributed by atoms with Crippen molar-refractivity contribution in [2.75, 3.05) is 7.11 Å². The van der Waals surface area contributed by atoms with Crippen molar-refractivity contribution in [1.82, 2.24) is 15.6 Å². The third kappa shape index (κ3) is 3.26. The summed E-state index contributed by atoms with van der Waals surface area (Å²) < 4.78 is 7.14. The molecule has 0 aromatic carbocycles. The lowest BCUT2D eigenvalue weighted by Crippen LogP contribution is -2.42. The van der Waals surface area contributed by atoms with E-state index in [1.54, 1.807) is 25.1 Å². The van der Waals surface area contributed by atoms with E-state index < -0.39 is 0 Å². The SMILES string of the molecule is COc1cnc(Sc2ccc(C(=O)NC3CC4CCC3N4)s2)s1. The summed E-state index contributed by atoms with van der Waals surface area (Å²) in [6.07, 6.45) is 5.19. The summed E-state index contributed by atoms with van der Waals surface area (Å²) in [6, 6.07) is 5.22. The molecule has 0 saturated carbocycles. The number of amides is 1. The second-order valence-corrected chi connectivity index (χ2v) is 9.36. The highest BCUT2D eigenvalue weighted by molar-refractivity contribution is 8.02. The molecule has 2 bridgehead atoms. The first-order valence-electron chi connectivity index (χ1n) is 7.55. The van der Waals surface area contributed by atoms with Crippen molar-refractivity contribution in [2.24, 2.45) is 0 Å². The fourth-order valence-electron chi connectivity index (χ4n) is 3.19. The molecular weight excluding hydrogens is 350 g/mol. The number of carbonyl (C=O) groups is 1. The molecule has 2 aromatic heterocycles. The van der Waals surface area contributed by atoms with Crippen molar-refractivity contribution in [2.45, 2.75) is 45.9 Å². The second kappa shape index (κ2) is 6.43. The summed E-state index contributed by atoms with van der Waals surface area (Å²) >= 11 is 4.59. The van der Waals surface area contributed by atoms with Crippen molar-refractivity contribution in [3.05, 3.63) is 23.2 Å². The number of hydrogen-bond donors (Lipinski definition) is 2. The van der Waals surface area contributed by atoms with Gasteiger partial charge < -0.3 is 15.4 Å². The molecule has 4 heterocycles. The summed E-state index contributed by atoms with van der Waals surface area (Å²) in [5, 5.41) is 7.53. The summed E-state index contributed by atoms with van der Waals surface area (Å²) in [5.41, 5.74) is 0. The monoisotopic (exact) mass is 367 g/mol. The molecule has 0 spiro atoms. The summed E-state index contributed by atoms with van der Waals surface area (Å²) in [4.78, 5) is 17.5. The van der Waals surface area contributed by atoms with Crippen LogP contribution in [0.1, 0.15) is 28.9 Å². The van der Waals surface area contributed by atoms with E-state index in [1.165, 1.54) is 35.5 Å². The highest BCUT2D eigenvalue weighted by atomic mass is 32.2. The van der Waals surface area contributed by atoms with Gasteiger partial charge in [0.25, 0.3) is 5.91 Å². The van der Waals surface area contributed by atoms with Gasteiger partial charge in [-0.2, -0.15) is 0 Å². The molecule has 122 valence electrons. The van der Waals surface area contributed by atoms with Crippen LogP contribution < -0.4 is 15.4 Å². The van der Waals surface area contributed by atoms with Crippen LogP contribution in [0.3, 0.4) is 0 Å². The van der Waals surface area contributed by atoms with Gasteiger partial charge in [-0.3, -0.25) is 4.79 Å². The number of methoxy groups -OCH3 is 1. The van der Waals surface area contributed by atoms with Crippen LogP contribution in [0.2, 0.25) is 0 Å². The number of thiazole rings is 1. The molecule has 2 aromatic rings. The standard InChI is InChI=1S/C15H17N3O2S3/c1-20-12-7-16-15(22-12)23-13-5-4-11(21-13)14(19)18-10-6-8-2-3-9(10)17-8/h4-5,7-10,17H,2-3,6H2,1H3,(H,18,19). The molecule has 1 amide bonds. The number of nitrogens with one attached hydrogen (secondary N) is 2. The number of carbonyl (C=O) groups excluding carboxylic acids is 1. The van der Waals surface area contributed by atoms with Gasteiger partial charge in [0.05, 0.1) is 22.4 Å². The summed E-state index contributed by atoms with van der Waals surface area (Å²) in [6.45, 7) is 0. The molecule has 3 unspecified atom stereocenters. The Balaban J connectivity index is 1.38. The van der Waals surface area contributed by atoms with Crippen LogP contribution in [0.5, 0.6) is 5.06 Å². The Morgan fingerprint density at radius 1 is 1.43 bits per heavy atom. The molecule has 8 heteroatoms. The van der Waals surface area contributed by atoms with Crippen molar-refractivity contribution < 1.29 is 9.53 Å². The average Bonchev–Trinajstić information content (AvgIpc) is 3.32. The van der Waals surface area contributed by atoms with E-state index in [0.717, 1.165) is 24.9 Å². The molecule has 2 aliphatic heterocycles. The van der Waals surface area contributed by atoms with Crippen molar-refractivity contribution >= 4 is 40.3 Å². The number of thiophene rings is 1. The molecule has 2 aliphatic rings. The lowest BCUT2D eigenvalue weighted by molar-refractivity contribution is 0.0935. The number of aromatic nitrogens is 1. The van der Waals surface area contributed by atoms with E-state index in [4.69, 9.17) is 4.74 Å². The summed E-state index contributed by atoms with van der Waals surface area (Å²) in [5.74, 6) is 0.0397. The first kappa shape index (κ1) is 15.4. The molecule has 4 rings (SSSR count).